The van der Waals surface area contributed by atoms with Gasteiger partial charge in [-0.1, -0.05) is 0 Å². The second kappa shape index (κ2) is 7.33. The summed E-state index contributed by atoms with van der Waals surface area (Å²) in [5.74, 6) is 1.91. The Morgan fingerprint density at radius 3 is 2.53 bits per heavy atom. The number of hydrogen-bond donors (Lipinski definition) is 2. The van der Waals surface area contributed by atoms with Crippen LogP contribution in [0.4, 0.5) is 0 Å². The van der Waals surface area contributed by atoms with Gasteiger partial charge in [-0.05, 0) is 80.8 Å². The number of carbonyl (C=O) groups excluding carboxylic acids is 2. The molecular formula is C24H29NO5. The van der Waals surface area contributed by atoms with Crippen molar-refractivity contribution in [3.8, 4) is 5.75 Å². The first-order valence-electron chi connectivity index (χ1n) is 11.0. The fraction of sp³-hybridized carbons (Fsp3) is 0.583. The molecule has 30 heavy (non-hydrogen) atoms. The van der Waals surface area contributed by atoms with Crippen molar-refractivity contribution in [3.05, 3.63) is 30.0 Å². The van der Waals surface area contributed by atoms with Gasteiger partial charge in [0.15, 0.2) is 6.61 Å². The predicted octanol–water partition coefficient (Wildman–Crippen LogP) is 3.95. The van der Waals surface area contributed by atoms with Crippen molar-refractivity contribution in [3.63, 3.8) is 0 Å². The fourth-order valence-electron chi connectivity index (χ4n) is 6.71. The number of benzene rings is 1. The van der Waals surface area contributed by atoms with E-state index in [1.54, 1.807) is 12.1 Å². The maximum Gasteiger partial charge on any atom is 0.310 e. The number of amides is 1. The number of hydrogen-bond acceptors (Lipinski definition) is 5. The average molecular weight is 411 g/mol. The maximum absolute atomic E-state index is 12.5. The number of fused-ring (bicyclic) bond motifs is 1. The number of carbonyl (C=O) groups is 2. The zero-order chi connectivity index (χ0) is 20.9. The Kier molecular flexibility index (Phi) is 4.75. The molecule has 6 nitrogen and oxygen atoms in total. The van der Waals surface area contributed by atoms with Crippen molar-refractivity contribution in [2.24, 2.45) is 23.2 Å². The molecule has 160 valence electrons. The van der Waals surface area contributed by atoms with E-state index in [0.29, 0.717) is 11.1 Å². The quantitative estimate of drug-likeness (QED) is 0.703. The van der Waals surface area contributed by atoms with Gasteiger partial charge in [-0.2, -0.15) is 0 Å². The first kappa shape index (κ1) is 19.5. The Labute approximate surface area is 176 Å². The fourth-order valence-corrected chi connectivity index (χ4v) is 6.71. The van der Waals surface area contributed by atoms with Crippen LogP contribution in [0.3, 0.4) is 0 Å². The number of esters is 1. The van der Waals surface area contributed by atoms with Crippen LogP contribution in [0, 0.1) is 23.2 Å². The Hall–Kier alpha value is -2.50. The van der Waals surface area contributed by atoms with E-state index in [0.717, 1.165) is 23.1 Å². The van der Waals surface area contributed by atoms with Gasteiger partial charge < -0.3 is 19.6 Å². The van der Waals surface area contributed by atoms with Crippen molar-refractivity contribution in [2.45, 2.75) is 57.9 Å². The molecular weight excluding hydrogens is 382 g/mol. The van der Waals surface area contributed by atoms with Crippen molar-refractivity contribution in [2.75, 3.05) is 6.61 Å². The van der Waals surface area contributed by atoms with Crippen LogP contribution in [0.15, 0.2) is 28.9 Å². The molecule has 4 aliphatic rings. The summed E-state index contributed by atoms with van der Waals surface area (Å²) in [6.45, 7) is 1.87. The lowest BCUT2D eigenvalue weighted by Crippen LogP contribution is -2.56. The van der Waals surface area contributed by atoms with Crippen LogP contribution in [0.2, 0.25) is 0 Å². The Bertz CT molecular complexity index is 942. The Morgan fingerprint density at radius 2 is 1.87 bits per heavy atom. The number of phenolic OH excluding ortho intramolecular Hbond substituents is 1. The van der Waals surface area contributed by atoms with Crippen molar-refractivity contribution in [1.82, 2.24) is 5.32 Å². The molecule has 0 unspecified atom stereocenters. The molecule has 1 amide bonds. The smallest absolute Gasteiger partial charge is 0.310 e. The van der Waals surface area contributed by atoms with Gasteiger partial charge in [0.05, 0.1) is 12.7 Å². The number of nitrogens with one attached hydrogen (secondary N) is 1. The molecule has 4 aliphatic carbocycles. The molecule has 4 fully saturated rings. The number of aromatic hydroxyl groups is 1. The van der Waals surface area contributed by atoms with E-state index in [1.807, 2.05) is 0 Å². The van der Waals surface area contributed by atoms with Gasteiger partial charge in [-0.15, -0.1) is 0 Å². The molecule has 4 saturated carbocycles. The molecule has 0 saturated heterocycles. The van der Waals surface area contributed by atoms with Crippen LogP contribution in [0.5, 0.6) is 5.75 Å². The third-order valence-electron chi connectivity index (χ3n) is 7.72. The lowest BCUT2D eigenvalue weighted by atomic mass is 9.48. The molecule has 6 rings (SSSR count). The summed E-state index contributed by atoms with van der Waals surface area (Å²) < 4.78 is 10.6. The van der Waals surface area contributed by atoms with Crippen LogP contribution >= 0.6 is 0 Å². The summed E-state index contributed by atoms with van der Waals surface area (Å²) in [4.78, 5) is 24.7. The lowest BCUT2D eigenvalue weighted by Gasteiger charge is -2.59. The van der Waals surface area contributed by atoms with Gasteiger partial charge in [0.2, 0.25) is 0 Å². The topological polar surface area (TPSA) is 88.8 Å². The summed E-state index contributed by atoms with van der Waals surface area (Å²) >= 11 is 0. The van der Waals surface area contributed by atoms with Crippen LogP contribution in [0.25, 0.3) is 11.0 Å². The Balaban J connectivity index is 1.14. The molecule has 0 aliphatic heterocycles. The summed E-state index contributed by atoms with van der Waals surface area (Å²) in [7, 11) is 0. The lowest BCUT2D eigenvalue weighted by molar-refractivity contribution is -0.148. The zero-order valence-electron chi connectivity index (χ0n) is 17.4. The minimum atomic E-state index is -0.469. The monoisotopic (exact) mass is 411 g/mol. The molecule has 6 heteroatoms. The average Bonchev–Trinajstić information content (AvgIpc) is 3.07. The first-order chi connectivity index (χ1) is 14.4. The SMILES string of the molecule is C[C@H](NC(=O)COC(=O)Cc1coc2cc(O)ccc12)C12CC3CC(CC(C3)C1)C2. The molecule has 0 spiro atoms. The van der Waals surface area contributed by atoms with Gasteiger partial charge in [-0.3, -0.25) is 9.59 Å². The van der Waals surface area contributed by atoms with E-state index >= 15 is 0 Å². The van der Waals surface area contributed by atoms with E-state index in [4.69, 9.17) is 9.15 Å². The number of furan rings is 1. The standard InChI is InChI=1S/C24H29NO5/c1-14(24-9-15-4-16(10-24)6-17(5-15)11-24)25-22(27)13-30-23(28)7-18-12-29-21-8-19(26)2-3-20(18)21/h2-3,8,12,14-17,26H,4-7,9-11,13H2,1H3,(H,25,27)/t14-,15?,16?,17?,24?/m0/s1. The van der Waals surface area contributed by atoms with E-state index in [2.05, 4.69) is 12.2 Å². The highest BCUT2D eigenvalue weighted by Crippen LogP contribution is 2.61. The highest BCUT2D eigenvalue weighted by molar-refractivity contribution is 5.87. The third kappa shape index (κ3) is 3.57. The summed E-state index contributed by atoms with van der Waals surface area (Å²) in [6.07, 6.45) is 9.31. The largest absolute Gasteiger partial charge is 0.508 e. The molecule has 2 N–H and O–H groups in total. The normalized spacial score (nSPS) is 30.4. The van der Waals surface area contributed by atoms with E-state index in [-0.39, 0.29) is 36.1 Å². The van der Waals surface area contributed by atoms with E-state index < -0.39 is 5.97 Å². The number of ether oxygens (including phenoxy) is 1. The van der Waals surface area contributed by atoms with Crippen LogP contribution in [0.1, 0.15) is 51.0 Å². The summed E-state index contributed by atoms with van der Waals surface area (Å²) in [5.41, 5.74) is 1.42. The highest BCUT2D eigenvalue weighted by atomic mass is 16.5. The molecule has 1 atom stereocenters. The zero-order valence-corrected chi connectivity index (χ0v) is 17.4. The summed E-state index contributed by atoms with van der Waals surface area (Å²) in [6, 6.07) is 4.87. The van der Waals surface area contributed by atoms with Crippen LogP contribution in [-0.4, -0.2) is 29.6 Å². The number of rotatable bonds is 6. The molecule has 1 heterocycles. The van der Waals surface area contributed by atoms with Gasteiger partial charge in [-0.25, -0.2) is 0 Å². The van der Waals surface area contributed by atoms with Crippen molar-refractivity contribution >= 4 is 22.8 Å². The van der Waals surface area contributed by atoms with Gasteiger partial charge in [0.25, 0.3) is 5.91 Å². The van der Waals surface area contributed by atoms with E-state index in [9.17, 15) is 14.7 Å². The highest BCUT2D eigenvalue weighted by Gasteiger charge is 2.53. The molecule has 1 aromatic heterocycles. The van der Waals surface area contributed by atoms with Crippen LogP contribution < -0.4 is 5.32 Å². The van der Waals surface area contributed by atoms with E-state index in [1.165, 1.54) is 50.9 Å². The first-order valence-corrected chi connectivity index (χ1v) is 11.0. The second-order valence-corrected chi connectivity index (χ2v) is 9.85. The minimum absolute atomic E-state index is 0.0234. The molecule has 4 bridgehead atoms. The number of phenols is 1. The second-order valence-electron chi connectivity index (χ2n) is 9.85. The summed E-state index contributed by atoms with van der Waals surface area (Å²) in [5, 5.41) is 13.4. The van der Waals surface area contributed by atoms with Gasteiger partial charge in [0.1, 0.15) is 11.3 Å². The van der Waals surface area contributed by atoms with Gasteiger partial charge >= 0.3 is 5.97 Å². The molecule has 2 aromatic rings. The maximum atomic E-state index is 12.5. The Morgan fingerprint density at radius 1 is 1.20 bits per heavy atom. The van der Waals surface area contributed by atoms with Gasteiger partial charge in [0, 0.05) is 23.1 Å². The minimum Gasteiger partial charge on any atom is -0.508 e. The third-order valence-corrected chi connectivity index (χ3v) is 7.72. The molecule has 0 radical (unpaired) electrons. The van der Waals surface area contributed by atoms with Crippen molar-refractivity contribution < 1.29 is 23.8 Å². The predicted molar refractivity (Wildman–Crippen MR) is 111 cm³/mol. The van der Waals surface area contributed by atoms with Crippen molar-refractivity contribution in [1.29, 1.82) is 0 Å². The van der Waals surface area contributed by atoms with Crippen LogP contribution in [-0.2, 0) is 20.7 Å². The molecule has 1 aromatic carbocycles.